The van der Waals surface area contributed by atoms with E-state index in [1.54, 1.807) is 0 Å². The molecule has 0 saturated heterocycles. The fraction of sp³-hybridized carbons (Fsp3) is 0. The molecule has 0 amide bonds. The van der Waals surface area contributed by atoms with Gasteiger partial charge in [0.25, 0.3) is 0 Å². The standard InChI is InChI=1S/C28H16ClNS/c29-18-13-14-20-21-9-5-11-25(28(21)31-26(20)16-18)30-23-10-4-3-8-22(23)27-19-7-2-1-6-17(19)12-15-24(27)30/h1-16H. The molecule has 0 atom stereocenters. The minimum atomic E-state index is 0.781. The Balaban J connectivity index is 1.70. The highest BCUT2D eigenvalue weighted by molar-refractivity contribution is 7.26. The molecule has 0 spiro atoms. The molecule has 0 aliphatic rings. The predicted molar refractivity (Wildman–Crippen MR) is 136 cm³/mol. The molecule has 3 heteroatoms. The van der Waals surface area contributed by atoms with Crippen LogP contribution in [0.25, 0.3) is 58.4 Å². The second kappa shape index (κ2) is 6.34. The van der Waals surface area contributed by atoms with Gasteiger partial charge in [0, 0.05) is 31.3 Å². The third-order valence-corrected chi connectivity index (χ3v) is 7.67. The minimum Gasteiger partial charge on any atom is -0.308 e. The van der Waals surface area contributed by atoms with Crippen molar-refractivity contribution in [1.82, 2.24) is 4.57 Å². The van der Waals surface area contributed by atoms with Crippen LogP contribution in [-0.2, 0) is 0 Å². The van der Waals surface area contributed by atoms with Gasteiger partial charge in [-0.05, 0) is 41.1 Å². The molecule has 0 radical (unpaired) electrons. The lowest BCUT2D eigenvalue weighted by molar-refractivity contribution is 1.20. The summed E-state index contributed by atoms with van der Waals surface area (Å²) in [4.78, 5) is 0. The summed E-state index contributed by atoms with van der Waals surface area (Å²) >= 11 is 8.11. The van der Waals surface area contributed by atoms with E-state index in [1.165, 1.54) is 58.4 Å². The van der Waals surface area contributed by atoms with Crippen LogP contribution in [0.15, 0.2) is 97.1 Å². The van der Waals surface area contributed by atoms with Crippen molar-refractivity contribution < 1.29 is 0 Å². The predicted octanol–water partition coefficient (Wildman–Crippen LogP) is 8.96. The van der Waals surface area contributed by atoms with Gasteiger partial charge in [-0.25, -0.2) is 0 Å². The molecule has 7 rings (SSSR count). The molecule has 0 fully saturated rings. The largest absolute Gasteiger partial charge is 0.308 e. The van der Waals surface area contributed by atoms with E-state index in [-0.39, 0.29) is 0 Å². The summed E-state index contributed by atoms with van der Waals surface area (Å²) in [6.45, 7) is 0. The maximum Gasteiger partial charge on any atom is 0.0640 e. The van der Waals surface area contributed by atoms with E-state index < -0.39 is 0 Å². The first-order valence-corrected chi connectivity index (χ1v) is 11.5. The molecule has 2 aromatic heterocycles. The first kappa shape index (κ1) is 17.4. The number of hydrogen-bond acceptors (Lipinski definition) is 1. The van der Waals surface area contributed by atoms with Gasteiger partial charge >= 0.3 is 0 Å². The van der Waals surface area contributed by atoms with E-state index in [0.717, 1.165) is 5.02 Å². The van der Waals surface area contributed by atoms with E-state index in [1.807, 2.05) is 17.4 Å². The Kier molecular flexibility index (Phi) is 3.55. The fourth-order valence-corrected chi connectivity index (χ4v) is 6.41. The maximum atomic E-state index is 6.30. The van der Waals surface area contributed by atoms with E-state index in [2.05, 4.69) is 95.6 Å². The summed E-state index contributed by atoms with van der Waals surface area (Å²) in [6.07, 6.45) is 0. The SMILES string of the molecule is Clc1ccc2c(c1)sc1c(-n3c4ccccc4c4c5ccccc5ccc43)cccc12. The summed E-state index contributed by atoms with van der Waals surface area (Å²) in [5.41, 5.74) is 3.69. The second-order valence-corrected chi connectivity index (χ2v) is 9.42. The fourth-order valence-electron chi connectivity index (χ4n) is 4.93. The second-order valence-electron chi connectivity index (χ2n) is 7.93. The lowest BCUT2D eigenvalue weighted by Gasteiger charge is -2.09. The van der Waals surface area contributed by atoms with E-state index in [4.69, 9.17) is 11.6 Å². The molecule has 0 N–H and O–H groups in total. The third kappa shape index (κ3) is 2.38. The number of aromatic nitrogens is 1. The average Bonchev–Trinajstić information content (AvgIpc) is 3.34. The van der Waals surface area contributed by atoms with Crippen molar-refractivity contribution >= 4 is 75.7 Å². The minimum absolute atomic E-state index is 0.781. The molecule has 0 aliphatic heterocycles. The van der Waals surface area contributed by atoms with Crippen molar-refractivity contribution in [1.29, 1.82) is 0 Å². The van der Waals surface area contributed by atoms with Crippen LogP contribution in [0.3, 0.4) is 0 Å². The number of rotatable bonds is 1. The molecule has 5 aromatic carbocycles. The molecule has 0 unspecified atom stereocenters. The lowest BCUT2D eigenvalue weighted by Crippen LogP contribution is -1.93. The van der Waals surface area contributed by atoms with Crippen molar-refractivity contribution in [2.24, 2.45) is 0 Å². The highest BCUT2D eigenvalue weighted by Crippen LogP contribution is 2.42. The van der Waals surface area contributed by atoms with Crippen molar-refractivity contribution in [2.75, 3.05) is 0 Å². The number of benzene rings is 5. The number of hydrogen-bond donors (Lipinski definition) is 0. The van der Waals surface area contributed by atoms with Crippen molar-refractivity contribution in [3.8, 4) is 5.69 Å². The van der Waals surface area contributed by atoms with Crippen LogP contribution in [0.1, 0.15) is 0 Å². The van der Waals surface area contributed by atoms with E-state index in [0.29, 0.717) is 0 Å². The first-order chi connectivity index (χ1) is 15.3. The van der Waals surface area contributed by atoms with E-state index >= 15 is 0 Å². The van der Waals surface area contributed by atoms with Gasteiger partial charge in [0.15, 0.2) is 0 Å². The molecule has 1 nitrogen and oxygen atoms in total. The van der Waals surface area contributed by atoms with Crippen LogP contribution >= 0.6 is 22.9 Å². The Hall–Kier alpha value is -3.33. The molecule has 7 aromatic rings. The Bertz CT molecular complexity index is 1810. The smallest absolute Gasteiger partial charge is 0.0640 e. The number of halogens is 1. The van der Waals surface area contributed by atoms with Crippen LogP contribution in [-0.4, -0.2) is 4.57 Å². The quantitative estimate of drug-likeness (QED) is 0.243. The summed E-state index contributed by atoms with van der Waals surface area (Å²) in [5, 5.41) is 8.49. The Morgan fingerprint density at radius 3 is 2.35 bits per heavy atom. The summed E-state index contributed by atoms with van der Waals surface area (Å²) in [7, 11) is 0. The van der Waals surface area contributed by atoms with Crippen LogP contribution in [0.4, 0.5) is 0 Å². The summed E-state index contributed by atoms with van der Waals surface area (Å²) in [6, 6.07) is 34.7. The van der Waals surface area contributed by atoms with Crippen LogP contribution in [0.5, 0.6) is 0 Å². The Labute approximate surface area is 187 Å². The number of para-hydroxylation sites is 1. The zero-order valence-electron chi connectivity index (χ0n) is 16.5. The molecule has 0 aliphatic carbocycles. The van der Waals surface area contributed by atoms with E-state index in [9.17, 15) is 0 Å². The highest BCUT2D eigenvalue weighted by atomic mass is 35.5. The van der Waals surface area contributed by atoms with Gasteiger partial charge < -0.3 is 4.57 Å². The third-order valence-electron chi connectivity index (χ3n) is 6.24. The number of nitrogens with zero attached hydrogens (tertiary/aromatic N) is 1. The maximum absolute atomic E-state index is 6.30. The Morgan fingerprint density at radius 2 is 1.42 bits per heavy atom. The Morgan fingerprint density at radius 1 is 0.613 bits per heavy atom. The van der Waals surface area contributed by atoms with Crippen LogP contribution in [0.2, 0.25) is 5.02 Å². The van der Waals surface area contributed by atoms with Gasteiger partial charge in [0.05, 0.1) is 21.4 Å². The van der Waals surface area contributed by atoms with Crippen LogP contribution in [0, 0.1) is 0 Å². The monoisotopic (exact) mass is 433 g/mol. The van der Waals surface area contributed by atoms with Gasteiger partial charge in [-0.3, -0.25) is 0 Å². The van der Waals surface area contributed by atoms with Gasteiger partial charge in [0.1, 0.15) is 0 Å². The molecule has 146 valence electrons. The number of thiophene rings is 1. The molecular formula is C28H16ClNS. The van der Waals surface area contributed by atoms with Crippen molar-refractivity contribution in [2.45, 2.75) is 0 Å². The number of fused-ring (bicyclic) bond motifs is 8. The molecule has 2 heterocycles. The topological polar surface area (TPSA) is 4.93 Å². The zero-order valence-corrected chi connectivity index (χ0v) is 18.0. The molecule has 0 bridgehead atoms. The summed E-state index contributed by atoms with van der Waals surface area (Å²) < 4.78 is 4.94. The molecular weight excluding hydrogens is 418 g/mol. The van der Waals surface area contributed by atoms with Gasteiger partial charge in [0.2, 0.25) is 0 Å². The average molecular weight is 434 g/mol. The van der Waals surface area contributed by atoms with Gasteiger partial charge in [-0.15, -0.1) is 11.3 Å². The molecule has 31 heavy (non-hydrogen) atoms. The summed E-state index contributed by atoms with van der Waals surface area (Å²) in [5.74, 6) is 0. The first-order valence-electron chi connectivity index (χ1n) is 10.3. The normalized spacial score (nSPS) is 12.0. The van der Waals surface area contributed by atoms with Gasteiger partial charge in [-0.2, -0.15) is 0 Å². The molecule has 0 saturated carbocycles. The lowest BCUT2D eigenvalue weighted by atomic mass is 10.0. The van der Waals surface area contributed by atoms with Crippen molar-refractivity contribution in [3.63, 3.8) is 0 Å². The highest BCUT2D eigenvalue weighted by Gasteiger charge is 2.17. The van der Waals surface area contributed by atoms with Crippen molar-refractivity contribution in [3.05, 3.63) is 102 Å². The van der Waals surface area contributed by atoms with Gasteiger partial charge in [-0.1, -0.05) is 78.3 Å². The van der Waals surface area contributed by atoms with Crippen LogP contribution < -0.4 is 0 Å². The zero-order chi connectivity index (χ0) is 20.5.